The standard InChI is InChI=1S/C22H21F3N2O4S2/c1-2-31-21(30)18-12-5-3-4-6-14(12)33-20(18)27-17(28)10-16-19(29)26-13-9-11(22(23,24)25)7-8-15(13)32-16/h7-9,16H,2-6,10H2,1H3,(H,26,29)(H,27,28)/t16-/m1/s1. The van der Waals surface area contributed by atoms with Crippen LogP contribution in [0.3, 0.4) is 0 Å². The highest BCUT2D eigenvalue weighted by atomic mass is 32.2. The largest absolute Gasteiger partial charge is 0.462 e. The van der Waals surface area contributed by atoms with E-state index in [1.807, 2.05) is 0 Å². The fourth-order valence-corrected chi connectivity index (χ4v) is 6.26. The first kappa shape index (κ1) is 23.6. The molecule has 2 aliphatic rings. The van der Waals surface area contributed by atoms with Gasteiger partial charge in [0.25, 0.3) is 0 Å². The molecule has 1 aliphatic carbocycles. The molecule has 0 spiro atoms. The molecular weight excluding hydrogens is 477 g/mol. The van der Waals surface area contributed by atoms with Crippen molar-refractivity contribution < 1.29 is 32.3 Å². The number of halogens is 3. The van der Waals surface area contributed by atoms with E-state index in [0.717, 1.165) is 60.0 Å². The summed E-state index contributed by atoms with van der Waals surface area (Å²) < 4.78 is 44.0. The van der Waals surface area contributed by atoms with Gasteiger partial charge in [-0.1, -0.05) is 0 Å². The number of hydrogen-bond donors (Lipinski definition) is 2. The van der Waals surface area contributed by atoms with E-state index < -0.39 is 34.8 Å². The van der Waals surface area contributed by atoms with E-state index in [9.17, 15) is 27.6 Å². The van der Waals surface area contributed by atoms with Crippen LogP contribution in [0, 0.1) is 0 Å². The summed E-state index contributed by atoms with van der Waals surface area (Å²) in [4.78, 5) is 39.3. The average molecular weight is 499 g/mol. The van der Waals surface area contributed by atoms with Crippen molar-refractivity contribution in [1.29, 1.82) is 0 Å². The first-order valence-corrected chi connectivity index (χ1v) is 12.2. The zero-order valence-electron chi connectivity index (χ0n) is 17.6. The number of ether oxygens (including phenoxy) is 1. The Kier molecular flexibility index (Phi) is 6.71. The van der Waals surface area contributed by atoms with Gasteiger partial charge in [-0.2, -0.15) is 13.2 Å². The predicted molar refractivity (Wildman–Crippen MR) is 120 cm³/mol. The number of nitrogens with one attached hydrogen (secondary N) is 2. The van der Waals surface area contributed by atoms with Crippen LogP contribution in [0.5, 0.6) is 0 Å². The molecule has 2 N–H and O–H groups in total. The number of carbonyl (C=O) groups is 3. The maximum atomic E-state index is 12.9. The molecular formula is C22H21F3N2O4S2. The summed E-state index contributed by atoms with van der Waals surface area (Å²) in [6.07, 6.45) is -1.16. The van der Waals surface area contributed by atoms with Gasteiger partial charge < -0.3 is 15.4 Å². The van der Waals surface area contributed by atoms with Crippen molar-refractivity contribution in [3.8, 4) is 0 Å². The maximum absolute atomic E-state index is 12.9. The van der Waals surface area contributed by atoms with Gasteiger partial charge in [0.1, 0.15) is 5.00 Å². The van der Waals surface area contributed by atoms with Crippen LogP contribution < -0.4 is 10.6 Å². The predicted octanol–water partition coefficient (Wildman–Crippen LogP) is 5.26. The van der Waals surface area contributed by atoms with Gasteiger partial charge in [0.05, 0.1) is 28.7 Å². The maximum Gasteiger partial charge on any atom is 0.416 e. The van der Waals surface area contributed by atoms with Crippen molar-refractivity contribution in [3.05, 3.63) is 39.8 Å². The van der Waals surface area contributed by atoms with Crippen molar-refractivity contribution in [1.82, 2.24) is 0 Å². The molecule has 1 atom stereocenters. The van der Waals surface area contributed by atoms with E-state index >= 15 is 0 Å². The third-order valence-corrected chi connectivity index (χ3v) is 7.88. The molecule has 0 saturated carbocycles. The van der Waals surface area contributed by atoms with Gasteiger partial charge in [-0.15, -0.1) is 23.1 Å². The first-order chi connectivity index (χ1) is 15.7. The van der Waals surface area contributed by atoms with Crippen LogP contribution in [-0.4, -0.2) is 29.6 Å². The molecule has 6 nitrogen and oxygen atoms in total. The average Bonchev–Trinajstić information content (AvgIpc) is 3.11. The lowest BCUT2D eigenvalue weighted by atomic mass is 9.95. The number of carbonyl (C=O) groups excluding carboxylic acids is 3. The van der Waals surface area contributed by atoms with Crippen molar-refractivity contribution >= 4 is 51.6 Å². The highest BCUT2D eigenvalue weighted by Gasteiger charge is 2.35. The molecule has 2 aromatic rings. The molecule has 0 bridgehead atoms. The number of rotatable bonds is 5. The molecule has 0 radical (unpaired) electrons. The minimum absolute atomic E-state index is 0.0759. The number of esters is 1. The third-order valence-electron chi connectivity index (χ3n) is 5.40. The second kappa shape index (κ2) is 9.38. The van der Waals surface area contributed by atoms with Crippen molar-refractivity contribution in [2.75, 3.05) is 17.2 Å². The van der Waals surface area contributed by atoms with Gasteiger partial charge in [0.15, 0.2) is 0 Å². The number of hydrogen-bond acceptors (Lipinski definition) is 6. The number of amides is 2. The van der Waals surface area contributed by atoms with Crippen LogP contribution in [-0.2, 0) is 33.3 Å². The topological polar surface area (TPSA) is 84.5 Å². The van der Waals surface area contributed by atoms with Crippen LogP contribution in [0.2, 0.25) is 0 Å². The van der Waals surface area contributed by atoms with Gasteiger partial charge in [-0.3, -0.25) is 9.59 Å². The normalized spacial score (nSPS) is 17.6. The number of anilines is 2. The van der Waals surface area contributed by atoms with Gasteiger partial charge >= 0.3 is 12.1 Å². The molecule has 176 valence electrons. The minimum atomic E-state index is -4.52. The van der Waals surface area contributed by atoms with Crippen molar-refractivity contribution in [3.63, 3.8) is 0 Å². The first-order valence-electron chi connectivity index (χ1n) is 10.5. The zero-order chi connectivity index (χ0) is 23.8. The summed E-state index contributed by atoms with van der Waals surface area (Å²) in [6, 6.07) is 3.12. The Morgan fingerprint density at radius 1 is 1.24 bits per heavy atom. The summed E-state index contributed by atoms with van der Waals surface area (Å²) in [5.41, 5.74) is 0.522. The van der Waals surface area contributed by atoms with Crippen molar-refractivity contribution in [2.45, 2.75) is 55.3 Å². The fourth-order valence-electron chi connectivity index (χ4n) is 3.88. The second-order valence-electron chi connectivity index (χ2n) is 7.69. The van der Waals surface area contributed by atoms with Gasteiger partial charge in [-0.05, 0) is 56.4 Å². The Morgan fingerprint density at radius 2 is 2.00 bits per heavy atom. The fraction of sp³-hybridized carbons (Fsp3) is 0.409. The molecule has 0 saturated heterocycles. The van der Waals surface area contributed by atoms with Crippen LogP contribution in [0.15, 0.2) is 23.1 Å². The number of thiophene rings is 1. The molecule has 0 fully saturated rings. The number of fused-ring (bicyclic) bond motifs is 2. The van der Waals surface area contributed by atoms with E-state index in [1.54, 1.807) is 6.92 Å². The van der Waals surface area contributed by atoms with E-state index in [1.165, 1.54) is 17.4 Å². The second-order valence-corrected chi connectivity index (χ2v) is 10.0. The molecule has 1 aromatic carbocycles. The van der Waals surface area contributed by atoms with E-state index in [-0.39, 0.29) is 18.7 Å². The van der Waals surface area contributed by atoms with E-state index in [0.29, 0.717) is 15.5 Å². The smallest absolute Gasteiger partial charge is 0.416 e. The molecule has 2 heterocycles. The SMILES string of the molecule is CCOC(=O)c1c(NC(=O)C[C@H]2Sc3ccc(C(F)(F)F)cc3NC2=O)sc2c1CCCC2. The Morgan fingerprint density at radius 3 is 2.73 bits per heavy atom. The molecule has 2 amide bonds. The van der Waals surface area contributed by atoms with E-state index in [4.69, 9.17) is 4.74 Å². The molecule has 11 heteroatoms. The quantitative estimate of drug-likeness (QED) is 0.549. The van der Waals surface area contributed by atoms with Crippen LogP contribution in [0.4, 0.5) is 23.9 Å². The Bertz CT molecular complexity index is 1110. The highest BCUT2D eigenvalue weighted by molar-refractivity contribution is 8.01. The Balaban J connectivity index is 1.49. The summed E-state index contributed by atoms with van der Waals surface area (Å²) >= 11 is 2.39. The van der Waals surface area contributed by atoms with Crippen LogP contribution >= 0.6 is 23.1 Å². The summed E-state index contributed by atoms with van der Waals surface area (Å²) in [6.45, 7) is 1.93. The molecule has 33 heavy (non-hydrogen) atoms. The molecule has 1 aromatic heterocycles. The number of thioether (sulfide) groups is 1. The summed E-state index contributed by atoms with van der Waals surface area (Å²) in [5, 5.41) is 4.84. The zero-order valence-corrected chi connectivity index (χ0v) is 19.3. The van der Waals surface area contributed by atoms with Gasteiger partial charge in [0, 0.05) is 16.2 Å². The molecule has 4 rings (SSSR count). The lowest BCUT2D eigenvalue weighted by Crippen LogP contribution is -2.32. The van der Waals surface area contributed by atoms with Crippen LogP contribution in [0.1, 0.15) is 52.5 Å². The van der Waals surface area contributed by atoms with Gasteiger partial charge in [-0.25, -0.2) is 4.79 Å². The lowest BCUT2D eigenvalue weighted by Gasteiger charge is -2.24. The van der Waals surface area contributed by atoms with E-state index in [2.05, 4.69) is 10.6 Å². The number of aryl methyl sites for hydroxylation is 1. The Hall–Kier alpha value is -2.53. The number of alkyl halides is 3. The summed E-state index contributed by atoms with van der Waals surface area (Å²) in [5.74, 6) is -1.48. The lowest BCUT2D eigenvalue weighted by molar-refractivity contribution is -0.137. The summed E-state index contributed by atoms with van der Waals surface area (Å²) in [7, 11) is 0. The number of benzene rings is 1. The van der Waals surface area contributed by atoms with Crippen LogP contribution in [0.25, 0.3) is 0 Å². The monoisotopic (exact) mass is 498 g/mol. The van der Waals surface area contributed by atoms with Gasteiger partial charge in [0.2, 0.25) is 11.8 Å². The Labute approximate surface area is 196 Å². The minimum Gasteiger partial charge on any atom is -0.462 e. The molecule has 1 aliphatic heterocycles. The molecule has 0 unspecified atom stereocenters. The third kappa shape index (κ3) is 5.03. The van der Waals surface area contributed by atoms with Crippen molar-refractivity contribution in [2.24, 2.45) is 0 Å². The highest BCUT2D eigenvalue weighted by Crippen LogP contribution is 2.42.